The standard InChI is InChI=1S/C23H23N3O.H2/c1-17-20(11-6-14-24-17)23(27)21-12-5-13-22(25-21)26-15-7-10-19(16-26)18-8-3-2-4-9-18;/h2-6,8-9,11-14,19H,7,10,15-16H2,1H3;1H/t19-;/m1./s1. The fraction of sp³-hybridized carbons (Fsp3) is 0.261. The van der Waals surface area contributed by atoms with E-state index >= 15 is 0 Å². The molecule has 0 unspecified atom stereocenters. The zero-order valence-corrected chi connectivity index (χ0v) is 15.5. The number of aryl methyl sites for hydroxylation is 1. The predicted molar refractivity (Wildman–Crippen MR) is 109 cm³/mol. The van der Waals surface area contributed by atoms with Gasteiger partial charge in [-0.2, -0.15) is 0 Å². The molecule has 3 aromatic rings. The van der Waals surface area contributed by atoms with Gasteiger partial charge in [-0.3, -0.25) is 9.78 Å². The van der Waals surface area contributed by atoms with Crippen molar-refractivity contribution in [2.75, 3.05) is 18.0 Å². The van der Waals surface area contributed by atoms with E-state index in [4.69, 9.17) is 4.98 Å². The first-order valence-corrected chi connectivity index (χ1v) is 9.45. The molecule has 4 rings (SSSR count). The predicted octanol–water partition coefficient (Wildman–Crippen LogP) is 4.65. The largest absolute Gasteiger partial charge is 0.356 e. The quantitative estimate of drug-likeness (QED) is 0.636. The van der Waals surface area contributed by atoms with E-state index in [1.165, 1.54) is 12.0 Å². The normalized spacial score (nSPS) is 16.9. The second-order valence-electron chi connectivity index (χ2n) is 7.04. The van der Waals surface area contributed by atoms with E-state index < -0.39 is 0 Å². The molecular formula is C23H25N3O. The molecule has 0 aliphatic carbocycles. The zero-order valence-electron chi connectivity index (χ0n) is 15.5. The van der Waals surface area contributed by atoms with Crippen LogP contribution in [0.5, 0.6) is 0 Å². The number of aromatic nitrogens is 2. The van der Waals surface area contributed by atoms with Crippen molar-refractivity contribution in [2.24, 2.45) is 0 Å². The van der Waals surface area contributed by atoms with Crippen molar-refractivity contribution < 1.29 is 6.22 Å². The Balaban J connectivity index is 0.00000225. The van der Waals surface area contributed by atoms with Gasteiger partial charge in [0.05, 0.1) is 0 Å². The third kappa shape index (κ3) is 3.75. The first-order chi connectivity index (χ1) is 13.2. The lowest BCUT2D eigenvalue weighted by Crippen LogP contribution is -2.35. The number of piperidine rings is 1. The van der Waals surface area contributed by atoms with Gasteiger partial charge in [0.25, 0.3) is 0 Å². The molecule has 27 heavy (non-hydrogen) atoms. The van der Waals surface area contributed by atoms with Crippen molar-refractivity contribution in [3.63, 3.8) is 0 Å². The third-order valence-corrected chi connectivity index (χ3v) is 5.23. The smallest absolute Gasteiger partial charge is 0.213 e. The molecule has 0 saturated carbocycles. The number of anilines is 1. The van der Waals surface area contributed by atoms with E-state index in [9.17, 15) is 4.79 Å². The molecule has 0 bridgehead atoms. The van der Waals surface area contributed by atoms with E-state index in [1.807, 2.05) is 25.1 Å². The van der Waals surface area contributed by atoms with Crippen LogP contribution in [0.2, 0.25) is 0 Å². The fourth-order valence-electron chi connectivity index (χ4n) is 3.77. The average Bonchev–Trinajstić information content (AvgIpc) is 2.74. The number of carbonyl (C=O) groups is 1. The van der Waals surface area contributed by atoms with Gasteiger partial charge in [0.2, 0.25) is 5.78 Å². The van der Waals surface area contributed by atoms with Crippen LogP contribution in [0.15, 0.2) is 66.9 Å². The van der Waals surface area contributed by atoms with Crippen molar-refractivity contribution in [1.29, 1.82) is 0 Å². The van der Waals surface area contributed by atoms with Crippen LogP contribution in [0.4, 0.5) is 5.82 Å². The van der Waals surface area contributed by atoms with Crippen molar-refractivity contribution in [3.8, 4) is 0 Å². The number of benzene rings is 1. The highest BCUT2D eigenvalue weighted by molar-refractivity contribution is 6.08. The minimum Gasteiger partial charge on any atom is -0.356 e. The van der Waals surface area contributed by atoms with E-state index in [1.54, 1.807) is 18.3 Å². The van der Waals surface area contributed by atoms with Gasteiger partial charge in [-0.15, -0.1) is 0 Å². The molecular weight excluding hydrogens is 334 g/mol. The van der Waals surface area contributed by atoms with Crippen molar-refractivity contribution in [1.82, 2.24) is 9.97 Å². The van der Waals surface area contributed by atoms with E-state index in [-0.39, 0.29) is 7.21 Å². The Morgan fingerprint density at radius 3 is 2.74 bits per heavy atom. The van der Waals surface area contributed by atoms with E-state index in [2.05, 4.69) is 40.2 Å². The Morgan fingerprint density at radius 2 is 1.93 bits per heavy atom. The molecule has 4 nitrogen and oxygen atoms in total. The van der Waals surface area contributed by atoms with Crippen LogP contribution in [-0.2, 0) is 0 Å². The number of hydrogen-bond acceptors (Lipinski definition) is 4. The van der Waals surface area contributed by atoms with Crippen LogP contribution >= 0.6 is 0 Å². The molecule has 0 spiro atoms. The van der Waals surface area contributed by atoms with Gasteiger partial charge in [0, 0.05) is 37.9 Å². The molecule has 1 fully saturated rings. The molecule has 2 aromatic heterocycles. The molecule has 1 aliphatic rings. The first kappa shape index (κ1) is 17.4. The van der Waals surface area contributed by atoms with Crippen LogP contribution in [0.25, 0.3) is 0 Å². The minimum absolute atomic E-state index is 0. The Hall–Kier alpha value is -3.01. The number of hydrogen-bond donors (Lipinski definition) is 0. The third-order valence-electron chi connectivity index (χ3n) is 5.23. The van der Waals surface area contributed by atoms with Gasteiger partial charge in [-0.05, 0) is 49.6 Å². The molecule has 1 aromatic carbocycles. The van der Waals surface area contributed by atoms with Crippen molar-refractivity contribution in [3.05, 3.63) is 89.4 Å². The van der Waals surface area contributed by atoms with Gasteiger partial charge < -0.3 is 4.90 Å². The summed E-state index contributed by atoms with van der Waals surface area (Å²) < 4.78 is 0. The van der Waals surface area contributed by atoms with Gasteiger partial charge in [-0.1, -0.05) is 36.4 Å². The monoisotopic (exact) mass is 359 g/mol. The Morgan fingerprint density at radius 1 is 1.07 bits per heavy atom. The van der Waals surface area contributed by atoms with E-state index in [0.717, 1.165) is 31.0 Å². The maximum Gasteiger partial charge on any atom is 0.213 e. The van der Waals surface area contributed by atoms with Crippen LogP contribution in [0.3, 0.4) is 0 Å². The Kier molecular flexibility index (Phi) is 4.97. The zero-order chi connectivity index (χ0) is 18.6. The molecule has 3 heterocycles. The van der Waals surface area contributed by atoms with Crippen molar-refractivity contribution >= 4 is 11.6 Å². The summed E-state index contributed by atoms with van der Waals surface area (Å²) >= 11 is 0. The summed E-state index contributed by atoms with van der Waals surface area (Å²) in [7, 11) is 0. The minimum atomic E-state index is -0.0703. The maximum atomic E-state index is 12.9. The number of carbonyl (C=O) groups excluding carboxylic acids is 1. The molecule has 1 aliphatic heterocycles. The number of ketones is 1. The SMILES string of the molecule is Cc1ncccc1C(=O)c1cccc(N2CCC[C@@H](c3ccccc3)C2)n1.[HH]. The number of pyridine rings is 2. The summed E-state index contributed by atoms with van der Waals surface area (Å²) in [5.41, 5.74) is 3.20. The molecule has 4 heteroatoms. The van der Waals surface area contributed by atoms with Crippen molar-refractivity contribution in [2.45, 2.75) is 25.7 Å². The summed E-state index contributed by atoms with van der Waals surface area (Å²) in [4.78, 5) is 24.1. The van der Waals surface area contributed by atoms with Gasteiger partial charge >= 0.3 is 0 Å². The summed E-state index contributed by atoms with van der Waals surface area (Å²) in [6, 6.07) is 20.0. The first-order valence-electron chi connectivity index (χ1n) is 9.45. The van der Waals surface area contributed by atoms with Crippen LogP contribution in [-0.4, -0.2) is 28.8 Å². The molecule has 138 valence electrons. The topological polar surface area (TPSA) is 46.1 Å². The van der Waals surface area contributed by atoms with Gasteiger partial charge in [-0.25, -0.2) is 4.98 Å². The lowest BCUT2D eigenvalue weighted by atomic mass is 9.90. The van der Waals surface area contributed by atoms with Gasteiger partial charge in [0.15, 0.2) is 0 Å². The Labute approximate surface area is 161 Å². The van der Waals surface area contributed by atoms with E-state index in [0.29, 0.717) is 17.2 Å². The average molecular weight is 359 g/mol. The summed E-state index contributed by atoms with van der Waals surface area (Å²) in [6.07, 6.45) is 4.02. The second-order valence-corrected chi connectivity index (χ2v) is 7.04. The molecule has 0 radical (unpaired) electrons. The summed E-state index contributed by atoms with van der Waals surface area (Å²) in [5, 5.41) is 0. The highest BCUT2D eigenvalue weighted by atomic mass is 16.1. The summed E-state index contributed by atoms with van der Waals surface area (Å²) in [5.74, 6) is 1.31. The van der Waals surface area contributed by atoms with Crippen LogP contribution in [0.1, 0.15) is 47.5 Å². The summed E-state index contributed by atoms with van der Waals surface area (Å²) in [6.45, 7) is 3.76. The molecule has 1 atom stereocenters. The highest BCUT2D eigenvalue weighted by Gasteiger charge is 2.23. The second kappa shape index (κ2) is 7.70. The molecule has 0 amide bonds. The fourth-order valence-corrected chi connectivity index (χ4v) is 3.77. The van der Waals surface area contributed by atoms with Gasteiger partial charge in [0.1, 0.15) is 11.5 Å². The molecule has 1 saturated heterocycles. The Bertz CT molecular complexity index is 945. The van der Waals surface area contributed by atoms with Crippen LogP contribution in [0, 0.1) is 6.92 Å². The lowest BCUT2D eigenvalue weighted by molar-refractivity contribution is 0.103. The number of rotatable bonds is 4. The number of nitrogens with zero attached hydrogens (tertiary/aromatic N) is 3. The maximum absolute atomic E-state index is 12.9. The van der Waals surface area contributed by atoms with Crippen LogP contribution < -0.4 is 4.90 Å². The molecule has 0 N–H and O–H groups in total. The lowest BCUT2D eigenvalue weighted by Gasteiger charge is -2.34. The highest BCUT2D eigenvalue weighted by Crippen LogP contribution is 2.29.